The molecule has 168 valence electrons. The zero-order chi connectivity index (χ0) is 23.4. The molecule has 33 heavy (non-hydrogen) atoms. The van der Waals surface area contributed by atoms with Gasteiger partial charge >= 0.3 is 5.97 Å². The van der Waals surface area contributed by atoms with Gasteiger partial charge in [-0.05, 0) is 43.3 Å². The van der Waals surface area contributed by atoms with E-state index < -0.39 is 5.97 Å². The van der Waals surface area contributed by atoms with E-state index in [1.807, 2.05) is 6.92 Å². The fraction of sp³-hybridized carbons (Fsp3) is 0.154. The van der Waals surface area contributed by atoms with Crippen LogP contribution in [-0.4, -0.2) is 32.6 Å². The maximum Gasteiger partial charge on any atom is 0.351 e. The summed E-state index contributed by atoms with van der Waals surface area (Å²) in [6, 6.07) is 16.9. The van der Waals surface area contributed by atoms with Crippen molar-refractivity contribution in [3.05, 3.63) is 83.1 Å². The van der Waals surface area contributed by atoms with Crippen LogP contribution in [0.5, 0.6) is 28.7 Å². The Labute approximate surface area is 191 Å². The molecule has 0 bridgehead atoms. The van der Waals surface area contributed by atoms with E-state index in [2.05, 4.69) is 0 Å². The Morgan fingerprint density at radius 3 is 2.33 bits per heavy atom. The summed E-state index contributed by atoms with van der Waals surface area (Å²) in [5.74, 6) is 1.15. The van der Waals surface area contributed by atoms with Crippen LogP contribution >= 0.6 is 0 Å². The van der Waals surface area contributed by atoms with Crippen LogP contribution in [0.2, 0.25) is 0 Å². The maximum atomic E-state index is 13.0. The number of carbonyl (C=O) groups is 2. The second kappa shape index (κ2) is 9.48. The van der Waals surface area contributed by atoms with Crippen LogP contribution in [0, 0.1) is 0 Å². The summed E-state index contributed by atoms with van der Waals surface area (Å²) in [6.07, 6.45) is 1.55. The average molecular weight is 446 g/mol. The lowest BCUT2D eigenvalue weighted by Crippen LogP contribution is -2.12. The number of rotatable bonds is 7. The smallest absolute Gasteiger partial charge is 0.351 e. The summed E-state index contributed by atoms with van der Waals surface area (Å²) in [7, 11) is 2.92. The fourth-order valence-electron chi connectivity index (χ4n) is 3.46. The first kappa shape index (κ1) is 22.0. The molecule has 3 aromatic carbocycles. The number of para-hydroxylation sites is 1. The van der Waals surface area contributed by atoms with E-state index in [4.69, 9.17) is 23.7 Å². The summed E-state index contributed by atoms with van der Waals surface area (Å²) in [5, 5.41) is 0. The first-order chi connectivity index (χ1) is 16.0. The lowest BCUT2D eigenvalue weighted by Gasteiger charge is -2.13. The largest absolute Gasteiger partial charge is 0.496 e. The van der Waals surface area contributed by atoms with E-state index in [0.29, 0.717) is 40.7 Å². The number of hydrogen-bond acceptors (Lipinski definition) is 7. The second-order valence-electron chi connectivity index (χ2n) is 7.00. The van der Waals surface area contributed by atoms with Gasteiger partial charge in [0.2, 0.25) is 5.78 Å². The molecular weight excluding hydrogens is 424 g/mol. The van der Waals surface area contributed by atoms with E-state index in [9.17, 15) is 9.59 Å². The first-order valence-electron chi connectivity index (χ1n) is 10.3. The van der Waals surface area contributed by atoms with E-state index in [1.165, 1.54) is 14.2 Å². The molecule has 0 atom stereocenters. The first-order valence-corrected chi connectivity index (χ1v) is 10.3. The van der Waals surface area contributed by atoms with Crippen LogP contribution in [0.3, 0.4) is 0 Å². The van der Waals surface area contributed by atoms with Gasteiger partial charge in [0.15, 0.2) is 5.76 Å². The van der Waals surface area contributed by atoms with Gasteiger partial charge in [-0.25, -0.2) is 4.79 Å². The monoisotopic (exact) mass is 446 g/mol. The summed E-state index contributed by atoms with van der Waals surface area (Å²) in [5.41, 5.74) is 1.10. The van der Waals surface area contributed by atoms with Crippen molar-refractivity contribution in [2.24, 2.45) is 0 Å². The molecule has 0 aromatic heterocycles. The highest BCUT2D eigenvalue weighted by atomic mass is 16.5. The molecule has 0 radical (unpaired) electrons. The highest BCUT2D eigenvalue weighted by Gasteiger charge is 2.28. The topological polar surface area (TPSA) is 80.3 Å². The van der Waals surface area contributed by atoms with E-state index in [-0.39, 0.29) is 22.9 Å². The zero-order valence-electron chi connectivity index (χ0n) is 18.4. The molecule has 0 N–H and O–H groups in total. The minimum atomic E-state index is -0.654. The Morgan fingerprint density at radius 1 is 0.939 bits per heavy atom. The summed E-state index contributed by atoms with van der Waals surface area (Å²) >= 11 is 0. The van der Waals surface area contributed by atoms with Gasteiger partial charge in [-0.15, -0.1) is 0 Å². The van der Waals surface area contributed by atoms with Crippen LogP contribution in [0.4, 0.5) is 0 Å². The van der Waals surface area contributed by atoms with Crippen LogP contribution in [0.1, 0.15) is 33.2 Å². The third-order valence-corrected chi connectivity index (χ3v) is 4.99. The Bertz CT molecular complexity index is 1220. The van der Waals surface area contributed by atoms with Gasteiger partial charge in [-0.2, -0.15) is 0 Å². The van der Waals surface area contributed by atoms with Gasteiger partial charge in [0.25, 0.3) is 0 Å². The molecule has 0 amide bonds. The van der Waals surface area contributed by atoms with Crippen LogP contribution in [0.25, 0.3) is 6.08 Å². The lowest BCUT2D eigenvalue weighted by molar-refractivity contribution is 0.0727. The molecule has 3 aromatic rings. The lowest BCUT2D eigenvalue weighted by atomic mass is 10.1. The second-order valence-corrected chi connectivity index (χ2v) is 7.00. The third kappa shape index (κ3) is 4.39. The molecule has 0 fully saturated rings. The Balaban J connectivity index is 1.64. The summed E-state index contributed by atoms with van der Waals surface area (Å²) in [6.45, 7) is 2.38. The van der Waals surface area contributed by atoms with Crippen molar-refractivity contribution in [2.75, 3.05) is 20.8 Å². The Kier molecular flexibility index (Phi) is 6.31. The molecule has 1 aliphatic heterocycles. The van der Waals surface area contributed by atoms with Crippen molar-refractivity contribution in [1.29, 1.82) is 0 Å². The number of methoxy groups -OCH3 is 2. The molecule has 0 saturated carbocycles. The minimum Gasteiger partial charge on any atom is -0.496 e. The Hall–Kier alpha value is -4.26. The molecule has 0 aliphatic carbocycles. The molecule has 0 unspecified atom stereocenters. The van der Waals surface area contributed by atoms with Crippen molar-refractivity contribution in [2.45, 2.75) is 6.92 Å². The van der Waals surface area contributed by atoms with Crippen LogP contribution in [-0.2, 0) is 0 Å². The minimum absolute atomic E-state index is 0.122. The highest BCUT2D eigenvalue weighted by molar-refractivity contribution is 6.14. The van der Waals surface area contributed by atoms with Gasteiger partial charge in [0.1, 0.15) is 34.3 Å². The fourth-order valence-corrected chi connectivity index (χ4v) is 3.46. The van der Waals surface area contributed by atoms with Crippen molar-refractivity contribution < 1.29 is 33.3 Å². The predicted molar refractivity (Wildman–Crippen MR) is 121 cm³/mol. The number of fused-ring (bicyclic) bond motifs is 1. The number of hydrogen-bond donors (Lipinski definition) is 0. The zero-order valence-corrected chi connectivity index (χ0v) is 18.4. The SMILES string of the molecule is CCOc1ccc2c(c1)O/C(=C\c1ccccc1OC(=O)c1c(OC)cccc1OC)C2=O. The number of esters is 1. The highest BCUT2D eigenvalue weighted by Crippen LogP contribution is 2.36. The molecule has 1 heterocycles. The van der Waals surface area contributed by atoms with E-state index in [1.54, 1.807) is 66.7 Å². The van der Waals surface area contributed by atoms with Crippen molar-refractivity contribution in [3.63, 3.8) is 0 Å². The van der Waals surface area contributed by atoms with Crippen molar-refractivity contribution in [1.82, 2.24) is 0 Å². The van der Waals surface area contributed by atoms with Gasteiger partial charge < -0.3 is 23.7 Å². The standard InChI is InChI=1S/C26H22O7/c1-4-31-17-12-13-18-22(15-17)32-23(25(18)27)14-16-8-5-6-9-19(16)33-26(28)24-20(29-2)10-7-11-21(24)30-3/h5-15H,4H2,1-3H3/b23-14-. The number of Topliss-reactive ketones (excluding diaryl/α,β-unsaturated/α-hetero) is 1. The molecule has 0 spiro atoms. The van der Waals surface area contributed by atoms with Crippen molar-refractivity contribution >= 4 is 17.8 Å². The Morgan fingerprint density at radius 2 is 1.64 bits per heavy atom. The van der Waals surface area contributed by atoms with Gasteiger partial charge in [0, 0.05) is 11.6 Å². The van der Waals surface area contributed by atoms with Crippen LogP contribution in [0.15, 0.2) is 66.4 Å². The van der Waals surface area contributed by atoms with Gasteiger partial charge in [-0.3, -0.25) is 4.79 Å². The number of benzene rings is 3. The number of carbonyl (C=O) groups excluding carboxylic acids is 2. The normalized spacial score (nSPS) is 13.3. The molecule has 4 rings (SSSR count). The van der Waals surface area contributed by atoms with E-state index in [0.717, 1.165) is 0 Å². The van der Waals surface area contributed by atoms with Gasteiger partial charge in [-0.1, -0.05) is 24.3 Å². The summed E-state index contributed by atoms with van der Waals surface area (Å²) in [4.78, 5) is 25.8. The molecule has 0 saturated heterocycles. The molecule has 7 nitrogen and oxygen atoms in total. The maximum absolute atomic E-state index is 13.0. The quantitative estimate of drug-likeness (QED) is 0.289. The third-order valence-electron chi connectivity index (χ3n) is 4.99. The van der Waals surface area contributed by atoms with E-state index >= 15 is 0 Å². The average Bonchev–Trinajstić information content (AvgIpc) is 3.14. The number of ether oxygens (including phenoxy) is 5. The van der Waals surface area contributed by atoms with Crippen molar-refractivity contribution in [3.8, 4) is 28.7 Å². The number of allylic oxidation sites excluding steroid dienone is 1. The molecule has 1 aliphatic rings. The van der Waals surface area contributed by atoms with Crippen LogP contribution < -0.4 is 23.7 Å². The molecular formula is C26H22O7. The van der Waals surface area contributed by atoms with Gasteiger partial charge in [0.05, 0.1) is 26.4 Å². The predicted octanol–water partition coefficient (Wildman–Crippen LogP) is 4.94. The number of ketones is 1. The molecule has 7 heteroatoms. The summed E-state index contributed by atoms with van der Waals surface area (Å²) < 4.78 is 27.5.